The molecule has 108 valence electrons. The van der Waals surface area contributed by atoms with Gasteiger partial charge in [-0.15, -0.1) is 16.4 Å². The molecule has 0 aliphatic rings. The molecule has 5 nitrogen and oxygen atoms in total. The van der Waals surface area contributed by atoms with Gasteiger partial charge in [0.15, 0.2) is 5.82 Å². The van der Waals surface area contributed by atoms with Crippen molar-refractivity contribution in [1.29, 1.82) is 0 Å². The van der Waals surface area contributed by atoms with Crippen molar-refractivity contribution in [3.05, 3.63) is 47.6 Å². The Morgan fingerprint density at radius 1 is 1.18 bits per heavy atom. The van der Waals surface area contributed by atoms with Crippen molar-refractivity contribution in [1.82, 2.24) is 25.1 Å². The Kier molecular flexibility index (Phi) is 3.36. The van der Waals surface area contributed by atoms with Gasteiger partial charge in [-0.05, 0) is 42.3 Å². The number of aromatic nitrogens is 5. The SMILES string of the molecule is Cc1ccc2ncnc(Sc3n[nH]c(-c4cccs4)n3)c2c1. The molecule has 3 aromatic heterocycles. The van der Waals surface area contributed by atoms with E-state index in [0.717, 1.165) is 26.6 Å². The van der Waals surface area contributed by atoms with Crippen LogP contribution in [0.3, 0.4) is 0 Å². The van der Waals surface area contributed by atoms with Crippen LogP contribution in [0.5, 0.6) is 0 Å². The molecule has 0 radical (unpaired) electrons. The van der Waals surface area contributed by atoms with Gasteiger partial charge in [-0.25, -0.2) is 15.0 Å². The van der Waals surface area contributed by atoms with Crippen LogP contribution in [0.1, 0.15) is 5.56 Å². The number of aromatic amines is 1. The van der Waals surface area contributed by atoms with Crippen LogP contribution in [-0.2, 0) is 0 Å². The fraction of sp³-hybridized carbons (Fsp3) is 0.0667. The number of nitrogens with zero attached hydrogens (tertiary/aromatic N) is 4. The van der Waals surface area contributed by atoms with E-state index in [1.165, 1.54) is 17.3 Å². The lowest BCUT2D eigenvalue weighted by Crippen LogP contribution is -1.88. The van der Waals surface area contributed by atoms with Crippen molar-refractivity contribution < 1.29 is 0 Å². The molecular formula is C15H11N5S2. The first-order valence-corrected chi connectivity index (χ1v) is 8.35. The molecule has 4 rings (SSSR count). The number of benzene rings is 1. The predicted octanol–water partition coefficient (Wildman–Crippen LogP) is 3.94. The highest BCUT2D eigenvalue weighted by molar-refractivity contribution is 7.99. The van der Waals surface area contributed by atoms with Crippen molar-refractivity contribution in [2.75, 3.05) is 0 Å². The fourth-order valence-electron chi connectivity index (χ4n) is 2.13. The zero-order valence-electron chi connectivity index (χ0n) is 11.6. The van der Waals surface area contributed by atoms with Crippen LogP contribution in [0.2, 0.25) is 0 Å². The minimum absolute atomic E-state index is 0.657. The molecule has 0 unspecified atom stereocenters. The van der Waals surface area contributed by atoms with Gasteiger partial charge in [0.25, 0.3) is 0 Å². The summed E-state index contributed by atoms with van der Waals surface area (Å²) >= 11 is 3.08. The highest BCUT2D eigenvalue weighted by Gasteiger charge is 2.11. The predicted molar refractivity (Wildman–Crippen MR) is 88.1 cm³/mol. The van der Waals surface area contributed by atoms with Gasteiger partial charge in [0.2, 0.25) is 5.16 Å². The first-order chi connectivity index (χ1) is 10.8. The van der Waals surface area contributed by atoms with Crippen molar-refractivity contribution in [3.63, 3.8) is 0 Å². The molecule has 1 N–H and O–H groups in total. The third kappa shape index (κ3) is 2.49. The van der Waals surface area contributed by atoms with Gasteiger partial charge in [-0.1, -0.05) is 17.7 Å². The Balaban J connectivity index is 1.71. The Labute approximate surface area is 134 Å². The van der Waals surface area contributed by atoms with Crippen LogP contribution < -0.4 is 0 Å². The van der Waals surface area contributed by atoms with E-state index in [1.807, 2.05) is 29.6 Å². The zero-order chi connectivity index (χ0) is 14.9. The van der Waals surface area contributed by atoms with Crippen LogP contribution in [0.15, 0.2) is 52.2 Å². The smallest absolute Gasteiger partial charge is 0.215 e. The van der Waals surface area contributed by atoms with Crippen molar-refractivity contribution in [2.45, 2.75) is 17.1 Å². The molecule has 0 amide bonds. The second kappa shape index (κ2) is 5.51. The molecule has 7 heteroatoms. The topological polar surface area (TPSA) is 67.3 Å². The molecule has 0 bridgehead atoms. The van der Waals surface area contributed by atoms with E-state index in [2.05, 4.69) is 38.1 Å². The summed E-state index contributed by atoms with van der Waals surface area (Å²) in [6, 6.07) is 10.2. The van der Waals surface area contributed by atoms with Crippen molar-refractivity contribution >= 4 is 34.0 Å². The largest absolute Gasteiger partial charge is 0.257 e. The monoisotopic (exact) mass is 325 g/mol. The average Bonchev–Trinajstić information content (AvgIpc) is 3.18. The van der Waals surface area contributed by atoms with Crippen LogP contribution in [0.4, 0.5) is 0 Å². The number of H-pyrrole nitrogens is 1. The zero-order valence-corrected chi connectivity index (χ0v) is 13.3. The van der Waals surface area contributed by atoms with Crippen LogP contribution in [0, 0.1) is 6.92 Å². The lowest BCUT2D eigenvalue weighted by Gasteiger charge is -2.03. The summed E-state index contributed by atoms with van der Waals surface area (Å²) in [7, 11) is 0. The average molecular weight is 325 g/mol. The van der Waals surface area contributed by atoms with Gasteiger partial charge < -0.3 is 0 Å². The Morgan fingerprint density at radius 2 is 2.14 bits per heavy atom. The number of thiophene rings is 1. The molecule has 0 atom stereocenters. The number of rotatable bonds is 3. The normalized spacial score (nSPS) is 11.1. The minimum Gasteiger partial charge on any atom is -0.257 e. The second-order valence-corrected chi connectivity index (χ2v) is 6.65. The number of aryl methyl sites for hydroxylation is 1. The highest BCUT2D eigenvalue weighted by Crippen LogP contribution is 2.30. The first kappa shape index (κ1) is 13.4. The van der Waals surface area contributed by atoms with Gasteiger partial charge in [0.05, 0.1) is 10.4 Å². The minimum atomic E-state index is 0.657. The Bertz CT molecular complexity index is 930. The van der Waals surface area contributed by atoms with Crippen molar-refractivity contribution in [3.8, 4) is 10.7 Å². The molecule has 0 saturated heterocycles. The quantitative estimate of drug-likeness (QED) is 0.578. The van der Waals surface area contributed by atoms with Crippen LogP contribution in [0.25, 0.3) is 21.6 Å². The molecule has 0 saturated carbocycles. The van der Waals surface area contributed by atoms with E-state index in [4.69, 9.17) is 0 Å². The second-order valence-electron chi connectivity index (χ2n) is 4.75. The fourth-order valence-corrected chi connectivity index (χ4v) is 3.57. The van der Waals surface area contributed by atoms with E-state index in [9.17, 15) is 0 Å². The lowest BCUT2D eigenvalue weighted by molar-refractivity contribution is 0.968. The molecule has 3 heterocycles. The van der Waals surface area contributed by atoms with E-state index < -0.39 is 0 Å². The third-order valence-corrected chi connectivity index (χ3v) is 4.92. The van der Waals surface area contributed by atoms with E-state index >= 15 is 0 Å². The molecule has 4 aromatic rings. The van der Waals surface area contributed by atoms with Gasteiger partial charge in [0.1, 0.15) is 11.4 Å². The summed E-state index contributed by atoms with van der Waals surface area (Å²) in [6.07, 6.45) is 1.58. The molecule has 0 fully saturated rings. The number of hydrogen-bond donors (Lipinski definition) is 1. The van der Waals surface area contributed by atoms with Gasteiger partial charge >= 0.3 is 0 Å². The lowest BCUT2D eigenvalue weighted by atomic mass is 10.2. The third-order valence-electron chi connectivity index (χ3n) is 3.16. The summed E-state index contributed by atoms with van der Waals surface area (Å²) in [5.74, 6) is 0.784. The van der Waals surface area contributed by atoms with Gasteiger partial charge in [0, 0.05) is 5.39 Å². The maximum Gasteiger partial charge on any atom is 0.215 e. The molecule has 0 aliphatic carbocycles. The standard InChI is InChI=1S/C15H11N5S2/c1-9-4-5-11-10(7-9)14(17-8-16-11)22-15-18-13(19-20-15)12-3-2-6-21-12/h2-8H,1H3,(H,18,19,20). The summed E-state index contributed by atoms with van der Waals surface area (Å²) < 4.78 is 0. The maximum atomic E-state index is 4.52. The van der Waals surface area contributed by atoms with E-state index in [1.54, 1.807) is 17.7 Å². The van der Waals surface area contributed by atoms with Crippen LogP contribution in [-0.4, -0.2) is 25.1 Å². The first-order valence-electron chi connectivity index (χ1n) is 6.65. The summed E-state index contributed by atoms with van der Waals surface area (Å²) in [6.45, 7) is 2.06. The molecule has 22 heavy (non-hydrogen) atoms. The number of nitrogens with one attached hydrogen (secondary N) is 1. The maximum absolute atomic E-state index is 4.52. The molecular weight excluding hydrogens is 314 g/mol. The molecule has 0 spiro atoms. The van der Waals surface area contributed by atoms with E-state index in [-0.39, 0.29) is 0 Å². The van der Waals surface area contributed by atoms with Gasteiger partial charge in [-0.2, -0.15) is 0 Å². The van der Waals surface area contributed by atoms with Crippen LogP contribution >= 0.6 is 23.1 Å². The Hall–Kier alpha value is -2.25. The summed E-state index contributed by atoms with van der Waals surface area (Å²) in [5, 5.41) is 11.8. The van der Waals surface area contributed by atoms with E-state index in [0.29, 0.717) is 5.16 Å². The number of hydrogen-bond acceptors (Lipinski definition) is 6. The van der Waals surface area contributed by atoms with Crippen molar-refractivity contribution in [2.24, 2.45) is 0 Å². The molecule has 1 aromatic carbocycles. The summed E-state index contributed by atoms with van der Waals surface area (Å²) in [5.41, 5.74) is 2.11. The van der Waals surface area contributed by atoms with Gasteiger partial charge in [-0.3, -0.25) is 5.10 Å². The summed E-state index contributed by atoms with van der Waals surface area (Å²) in [4.78, 5) is 14.3. The molecule has 0 aliphatic heterocycles. The highest BCUT2D eigenvalue weighted by atomic mass is 32.2. The number of fused-ring (bicyclic) bond motifs is 1. The Morgan fingerprint density at radius 3 is 3.00 bits per heavy atom.